The molecule has 1 saturated heterocycles. The van der Waals surface area contributed by atoms with Gasteiger partial charge in [-0.1, -0.05) is 25.0 Å². The van der Waals surface area contributed by atoms with Crippen molar-refractivity contribution in [1.82, 2.24) is 10.2 Å². The lowest BCUT2D eigenvalue weighted by molar-refractivity contribution is -0.146. The first-order valence-electron chi connectivity index (χ1n) is 13.1. The molecule has 5 nitrogen and oxygen atoms in total. The van der Waals surface area contributed by atoms with Crippen molar-refractivity contribution >= 4 is 16.9 Å². The molecular formula is C29H28F6N2O3. The van der Waals surface area contributed by atoms with Crippen molar-refractivity contribution in [2.45, 2.75) is 57.5 Å². The summed E-state index contributed by atoms with van der Waals surface area (Å²) in [4.78, 5) is 27.3. The second-order valence-corrected chi connectivity index (χ2v) is 10.9. The van der Waals surface area contributed by atoms with Crippen LogP contribution in [0.5, 0.6) is 0 Å². The number of hydrogen-bond donors (Lipinski definition) is 1. The van der Waals surface area contributed by atoms with Gasteiger partial charge in [0.2, 0.25) is 5.91 Å². The van der Waals surface area contributed by atoms with Crippen molar-refractivity contribution in [3.8, 4) is 0 Å². The second kappa shape index (κ2) is 10.6. The zero-order valence-corrected chi connectivity index (χ0v) is 21.5. The first kappa shape index (κ1) is 28.2. The zero-order valence-electron chi connectivity index (χ0n) is 21.5. The van der Waals surface area contributed by atoms with Crippen molar-refractivity contribution in [1.29, 1.82) is 0 Å². The van der Waals surface area contributed by atoms with Crippen molar-refractivity contribution in [3.05, 3.63) is 81.2 Å². The van der Waals surface area contributed by atoms with Crippen LogP contribution in [0.4, 0.5) is 26.3 Å². The van der Waals surface area contributed by atoms with E-state index in [2.05, 4.69) is 5.32 Å². The maximum absolute atomic E-state index is 14.3. The molecule has 1 saturated carbocycles. The summed E-state index contributed by atoms with van der Waals surface area (Å²) in [5, 5.41) is 3.87. The third-order valence-electron chi connectivity index (χ3n) is 7.76. The molecule has 0 unspecified atom stereocenters. The molecule has 1 aromatic heterocycles. The normalized spacial score (nSPS) is 17.6. The van der Waals surface area contributed by atoms with Gasteiger partial charge in [0.15, 0.2) is 0 Å². The highest BCUT2D eigenvalue weighted by Gasteiger charge is 2.46. The maximum Gasteiger partial charge on any atom is 0.416 e. The first-order chi connectivity index (χ1) is 18.8. The van der Waals surface area contributed by atoms with Crippen LogP contribution in [0.2, 0.25) is 0 Å². The Morgan fingerprint density at radius 1 is 0.875 bits per heavy atom. The van der Waals surface area contributed by atoms with Gasteiger partial charge in [0.05, 0.1) is 16.5 Å². The van der Waals surface area contributed by atoms with Crippen LogP contribution < -0.4 is 10.9 Å². The summed E-state index contributed by atoms with van der Waals surface area (Å²) in [6.07, 6.45) is -6.31. The van der Waals surface area contributed by atoms with Gasteiger partial charge >= 0.3 is 18.0 Å². The molecule has 1 aliphatic heterocycles. The number of carbonyl (C=O) groups excluding carboxylic acids is 1. The van der Waals surface area contributed by atoms with E-state index in [9.17, 15) is 35.9 Å². The number of nitrogens with one attached hydrogen (secondary N) is 1. The number of benzene rings is 2. The number of hydrogen-bond acceptors (Lipinski definition) is 4. The van der Waals surface area contributed by atoms with Gasteiger partial charge in [-0.25, -0.2) is 4.79 Å². The van der Waals surface area contributed by atoms with E-state index in [0.29, 0.717) is 61.4 Å². The molecule has 1 aliphatic carbocycles. The SMILES string of the molecule is O=C(N(Cc1cc(C(F)(F)F)cc(C(F)(F)F)c1)Cc1ccc2ccc(=O)oc2c1)C1(CC2CC2)CCNCC1. The van der Waals surface area contributed by atoms with Gasteiger partial charge < -0.3 is 14.6 Å². The topological polar surface area (TPSA) is 62.6 Å². The molecule has 11 heteroatoms. The largest absolute Gasteiger partial charge is 0.423 e. The Hall–Kier alpha value is -3.34. The Labute approximate surface area is 226 Å². The number of fused-ring (bicyclic) bond motifs is 1. The predicted molar refractivity (Wildman–Crippen MR) is 135 cm³/mol. The fraction of sp³-hybridized carbons (Fsp3) is 0.448. The van der Waals surface area contributed by atoms with Gasteiger partial charge in [-0.3, -0.25) is 4.79 Å². The van der Waals surface area contributed by atoms with E-state index >= 15 is 0 Å². The molecule has 0 atom stereocenters. The maximum atomic E-state index is 14.3. The summed E-state index contributed by atoms with van der Waals surface area (Å²) < 4.78 is 86.7. The summed E-state index contributed by atoms with van der Waals surface area (Å²) in [5.41, 5.74) is -3.64. The molecule has 2 aromatic carbocycles. The second-order valence-electron chi connectivity index (χ2n) is 10.9. The predicted octanol–water partition coefficient (Wildman–Crippen LogP) is 6.53. The molecule has 2 aliphatic rings. The monoisotopic (exact) mass is 566 g/mol. The minimum Gasteiger partial charge on any atom is -0.423 e. The third kappa shape index (κ3) is 6.35. The molecule has 2 heterocycles. The average molecular weight is 567 g/mol. The van der Waals surface area contributed by atoms with Crippen molar-refractivity contribution in [2.24, 2.45) is 11.3 Å². The van der Waals surface area contributed by atoms with E-state index in [0.717, 1.165) is 12.8 Å². The van der Waals surface area contributed by atoms with Crippen LogP contribution in [0.1, 0.15) is 54.4 Å². The van der Waals surface area contributed by atoms with E-state index in [1.54, 1.807) is 24.3 Å². The molecule has 0 bridgehead atoms. The van der Waals surface area contributed by atoms with E-state index in [4.69, 9.17) is 4.42 Å². The van der Waals surface area contributed by atoms with Crippen LogP contribution in [0.25, 0.3) is 11.0 Å². The fourth-order valence-electron chi connectivity index (χ4n) is 5.57. The Kier molecular flexibility index (Phi) is 7.45. The van der Waals surface area contributed by atoms with Gasteiger partial charge in [0.25, 0.3) is 0 Å². The molecule has 1 N–H and O–H groups in total. The molecule has 40 heavy (non-hydrogen) atoms. The standard InChI is InChI=1S/C29H28F6N2O3/c30-28(31,32)22-11-20(12-23(14-22)29(33,34)35)17-37(16-19-3-4-21-5-6-25(38)40-24(21)13-19)26(39)27(15-18-1-2-18)7-9-36-10-8-27/h3-6,11-14,18,36H,1-2,7-10,15-17H2. The molecule has 0 spiro atoms. The van der Waals surface area contributed by atoms with E-state index in [-0.39, 0.29) is 29.7 Å². The zero-order chi connectivity index (χ0) is 28.7. The van der Waals surface area contributed by atoms with Gasteiger partial charge in [-0.15, -0.1) is 0 Å². The van der Waals surface area contributed by atoms with Crippen LogP contribution in [0.3, 0.4) is 0 Å². The molecule has 3 aromatic rings. The number of rotatable bonds is 7. The molecule has 214 valence electrons. The quantitative estimate of drug-likeness (QED) is 0.261. The lowest BCUT2D eigenvalue weighted by Crippen LogP contribution is -2.49. The van der Waals surface area contributed by atoms with Crippen molar-refractivity contribution in [3.63, 3.8) is 0 Å². The highest BCUT2D eigenvalue weighted by molar-refractivity contribution is 5.83. The Morgan fingerprint density at radius 2 is 1.48 bits per heavy atom. The Balaban J connectivity index is 1.55. The lowest BCUT2D eigenvalue weighted by Gasteiger charge is -2.40. The molecule has 0 radical (unpaired) electrons. The summed E-state index contributed by atoms with van der Waals surface area (Å²) >= 11 is 0. The molecule has 1 amide bonds. The van der Waals surface area contributed by atoms with Crippen molar-refractivity contribution < 1.29 is 35.6 Å². The first-order valence-corrected chi connectivity index (χ1v) is 13.1. The van der Waals surface area contributed by atoms with Gasteiger partial charge in [-0.05, 0) is 79.7 Å². The van der Waals surface area contributed by atoms with Crippen LogP contribution in [0.15, 0.2) is 57.7 Å². The number of carbonyl (C=O) groups is 1. The summed E-state index contributed by atoms with van der Waals surface area (Å²) in [6.45, 7) is 0.664. The highest BCUT2D eigenvalue weighted by atomic mass is 19.4. The Morgan fingerprint density at radius 3 is 2.08 bits per heavy atom. The van der Waals surface area contributed by atoms with Crippen LogP contribution in [0, 0.1) is 11.3 Å². The summed E-state index contributed by atoms with van der Waals surface area (Å²) in [7, 11) is 0. The third-order valence-corrected chi connectivity index (χ3v) is 7.76. The van der Waals surface area contributed by atoms with E-state index in [1.165, 1.54) is 11.0 Å². The number of alkyl halides is 6. The number of halogens is 6. The fourth-order valence-corrected chi connectivity index (χ4v) is 5.57. The van der Waals surface area contributed by atoms with Crippen molar-refractivity contribution in [2.75, 3.05) is 13.1 Å². The van der Waals surface area contributed by atoms with Gasteiger partial charge in [0.1, 0.15) is 5.58 Å². The Bertz CT molecular complexity index is 1420. The summed E-state index contributed by atoms with van der Waals surface area (Å²) in [5.74, 6) is 0.0886. The van der Waals surface area contributed by atoms with Crippen LogP contribution >= 0.6 is 0 Å². The summed E-state index contributed by atoms with van der Waals surface area (Å²) in [6, 6.07) is 9.23. The lowest BCUT2D eigenvalue weighted by atomic mass is 9.73. The highest BCUT2D eigenvalue weighted by Crippen LogP contribution is 2.46. The molecule has 5 rings (SSSR count). The van der Waals surface area contributed by atoms with Crippen LogP contribution in [-0.4, -0.2) is 23.9 Å². The smallest absolute Gasteiger partial charge is 0.416 e. The van der Waals surface area contributed by atoms with Crippen LogP contribution in [-0.2, 0) is 30.2 Å². The van der Waals surface area contributed by atoms with Gasteiger partial charge in [-0.2, -0.15) is 26.3 Å². The minimum atomic E-state index is -5.00. The van der Waals surface area contributed by atoms with E-state index in [1.807, 2.05) is 0 Å². The van der Waals surface area contributed by atoms with E-state index < -0.39 is 41.1 Å². The number of piperidine rings is 1. The molecule has 2 fully saturated rings. The van der Waals surface area contributed by atoms with Gasteiger partial charge in [0, 0.05) is 24.5 Å². The number of nitrogens with zero attached hydrogens (tertiary/aromatic N) is 1. The average Bonchev–Trinajstić information content (AvgIpc) is 3.71. The molecular weight excluding hydrogens is 538 g/mol. The number of amides is 1. The minimum absolute atomic E-state index is 0.0786.